The molecule has 2 N–H and O–H groups in total. The van der Waals surface area contributed by atoms with Crippen LogP contribution in [-0.4, -0.2) is 35.4 Å². The third-order valence-corrected chi connectivity index (χ3v) is 3.47. The third-order valence-electron chi connectivity index (χ3n) is 3.47. The van der Waals surface area contributed by atoms with E-state index in [1.807, 2.05) is 48.3 Å². The van der Waals surface area contributed by atoms with Gasteiger partial charge in [0.15, 0.2) is 6.61 Å². The molecule has 0 bridgehead atoms. The van der Waals surface area contributed by atoms with Crippen molar-refractivity contribution >= 4 is 5.91 Å². The lowest BCUT2D eigenvalue weighted by atomic mass is 10.2. The van der Waals surface area contributed by atoms with E-state index < -0.39 is 0 Å². The van der Waals surface area contributed by atoms with Gasteiger partial charge >= 0.3 is 0 Å². The second-order valence-electron chi connectivity index (χ2n) is 5.59. The van der Waals surface area contributed by atoms with E-state index in [0.29, 0.717) is 6.54 Å². The molecule has 6 nitrogen and oxygen atoms in total. The summed E-state index contributed by atoms with van der Waals surface area (Å²) in [7, 11) is 1.60. The van der Waals surface area contributed by atoms with Gasteiger partial charge in [-0.2, -0.15) is 5.10 Å². The van der Waals surface area contributed by atoms with E-state index in [1.54, 1.807) is 7.05 Å². The van der Waals surface area contributed by atoms with Crippen molar-refractivity contribution in [1.29, 1.82) is 0 Å². The van der Waals surface area contributed by atoms with Gasteiger partial charge in [-0.1, -0.05) is 18.2 Å². The Morgan fingerprint density at radius 2 is 2.17 bits per heavy atom. The van der Waals surface area contributed by atoms with Crippen molar-refractivity contribution in [3.8, 4) is 5.75 Å². The number of hydrogen-bond donors (Lipinski definition) is 2. The van der Waals surface area contributed by atoms with Crippen LogP contribution in [0.25, 0.3) is 0 Å². The molecule has 1 aromatic carbocycles. The van der Waals surface area contributed by atoms with Crippen LogP contribution in [0, 0.1) is 6.92 Å². The van der Waals surface area contributed by atoms with E-state index in [9.17, 15) is 4.79 Å². The minimum Gasteiger partial charge on any atom is -0.483 e. The summed E-state index contributed by atoms with van der Waals surface area (Å²) in [5.41, 5.74) is 2.19. The standard InChI is InChI=1S/C17H24N4O2/c1-13-8-20-21(10-13)11-14(2)19-9-15-6-4-5-7-16(15)23-12-17(22)18-3/h4-8,10,14,19H,9,11-12H2,1-3H3,(H,18,22). The molecule has 0 aliphatic heterocycles. The SMILES string of the molecule is CNC(=O)COc1ccccc1CNC(C)Cn1cc(C)cn1. The lowest BCUT2D eigenvalue weighted by molar-refractivity contribution is -0.122. The number of para-hydroxylation sites is 1. The zero-order chi connectivity index (χ0) is 16.7. The first-order chi connectivity index (χ1) is 11.1. The fourth-order valence-corrected chi connectivity index (χ4v) is 2.20. The fourth-order valence-electron chi connectivity index (χ4n) is 2.20. The maximum absolute atomic E-state index is 11.3. The zero-order valence-electron chi connectivity index (χ0n) is 13.9. The summed E-state index contributed by atoms with van der Waals surface area (Å²) in [5.74, 6) is 0.584. The molecule has 23 heavy (non-hydrogen) atoms. The van der Waals surface area contributed by atoms with E-state index >= 15 is 0 Å². The van der Waals surface area contributed by atoms with Gasteiger partial charge < -0.3 is 15.4 Å². The smallest absolute Gasteiger partial charge is 0.257 e. The van der Waals surface area contributed by atoms with E-state index in [0.717, 1.165) is 23.4 Å². The molecule has 2 aromatic rings. The molecule has 2 rings (SSSR count). The van der Waals surface area contributed by atoms with Crippen LogP contribution in [0.3, 0.4) is 0 Å². The van der Waals surface area contributed by atoms with Gasteiger partial charge in [0.1, 0.15) is 5.75 Å². The predicted octanol–water partition coefficient (Wildman–Crippen LogP) is 1.49. The number of amides is 1. The van der Waals surface area contributed by atoms with Gasteiger partial charge in [0.25, 0.3) is 5.91 Å². The number of nitrogens with zero attached hydrogens (tertiary/aromatic N) is 2. The summed E-state index contributed by atoms with van der Waals surface area (Å²) < 4.78 is 7.51. The van der Waals surface area contributed by atoms with Gasteiger partial charge in [0.05, 0.1) is 12.7 Å². The summed E-state index contributed by atoms with van der Waals surface area (Å²) >= 11 is 0. The van der Waals surface area contributed by atoms with Crippen molar-refractivity contribution in [2.45, 2.75) is 33.0 Å². The first kappa shape index (κ1) is 17.0. The quantitative estimate of drug-likeness (QED) is 0.774. The van der Waals surface area contributed by atoms with E-state index in [2.05, 4.69) is 22.7 Å². The van der Waals surface area contributed by atoms with Crippen LogP contribution in [0.1, 0.15) is 18.1 Å². The zero-order valence-corrected chi connectivity index (χ0v) is 13.9. The van der Waals surface area contributed by atoms with E-state index in [1.165, 1.54) is 0 Å². The molecular weight excluding hydrogens is 292 g/mol. The van der Waals surface area contributed by atoms with Crippen molar-refractivity contribution in [2.75, 3.05) is 13.7 Å². The number of ether oxygens (including phenoxy) is 1. The highest BCUT2D eigenvalue weighted by Crippen LogP contribution is 2.17. The average molecular weight is 316 g/mol. The third kappa shape index (κ3) is 5.41. The number of carbonyl (C=O) groups is 1. The lowest BCUT2D eigenvalue weighted by Crippen LogP contribution is -2.30. The van der Waals surface area contributed by atoms with Crippen molar-refractivity contribution in [3.05, 3.63) is 47.8 Å². The molecule has 1 unspecified atom stereocenters. The van der Waals surface area contributed by atoms with Gasteiger partial charge in [-0.25, -0.2) is 0 Å². The van der Waals surface area contributed by atoms with Crippen LogP contribution in [0.4, 0.5) is 0 Å². The Kier molecular flexibility index (Phi) is 6.17. The average Bonchev–Trinajstić information content (AvgIpc) is 2.96. The van der Waals surface area contributed by atoms with Gasteiger partial charge in [-0.05, 0) is 25.5 Å². The summed E-state index contributed by atoms with van der Waals surface area (Å²) in [6.45, 7) is 5.64. The van der Waals surface area contributed by atoms with Crippen LogP contribution in [-0.2, 0) is 17.9 Å². The van der Waals surface area contributed by atoms with Crippen molar-refractivity contribution < 1.29 is 9.53 Å². The van der Waals surface area contributed by atoms with E-state index in [-0.39, 0.29) is 18.6 Å². The molecule has 0 saturated carbocycles. The van der Waals surface area contributed by atoms with Gasteiger partial charge in [-0.15, -0.1) is 0 Å². The largest absolute Gasteiger partial charge is 0.483 e. The first-order valence-corrected chi connectivity index (χ1v) is 7.72. The Bertz CT molecular complexity index is 639. The molecule has 1 amide bonds. The molecule has 1 atom stereocenters. The lowest BCUT2D eigenvalue weighted by Gasteiger charge is -2.16. The Hall–Kier alpha value is -2.34. The normalized spacial score (nSPS) is 12.0. The highest BCUT2D eigenvalue weighted by molar-refractivity contribution is 5.77. The minimum atomic E-state index is -0.143. The topological polar surface area (TPSA) is 68.2 Å². The second kappa shape index (κ2) is 8.33. The van der Waals surface area contributed by atoms with E-state index in [4.69, 9.17) is 4.74 Å². The molecule has 0 aliphatic carbocycles. The van der Waals surface area contributed by atoms with Crippen LogP contribution < -0.4 is 15.4 Å². The first-order valence-electron chi connectivity index (χ1n) is 7.72. The highest BCUT2D eigenvalue weighted by Gasteiger charge is 2.08. The van der Waals surface area contributed by atoms with Crippen molar-refractivity contribution in [3.63, 3.8) is 0 Å². The monoisotopic (exact) mass is 316 g/mol. The molecule has 0 aliphatic rings. The maximum atomic E-state index is 11.3. The fraction of sp³-hybridized carbons (Fsp3) is 0.412. The Balaban J connectivity index is 1.88. The molecule has 1 heterocycles. The molecule has 0 saturated heterocycles. The summed E-state index contributed by atoms with van der Waals surface area (Å²) in [6, 6.07) is 8.00. The molecule has 6 heteroatoms. The minimum absolute atomic E-state index is 0.0234. The number of hydrogen-bond acceptors (Lipinski definition) is 4. The summed E-state index contributed by atoms with van der Waals surface area (Å²) in [6.07, 6.45) is 3.88. The molecule has 1 aromatic heterocycles. The van der Waals surface area contributed by atoms with Crippen LogP contribution in [0.15, 0.2) is 36.7 Å². The van der Waals surface area contributed by atoms with Crippen LogP contribution in [0.2, 0.25) is 0 Å². The molecule has 0 radical (unpaired) electrons. The molecule has 0 spiro atoms. The Morgan fingerprint density at radius 3 is 2.87 bits per heavy atom. The second-order valence-corrected chi connectivity index (χ2v) is 5.59. The van der Waals surface area contributed by atoms with Gasteiger partial charge in [0.2, 0.25) is 0 Å². The number of rotatable bonds is 8. The molecular formula is C17H24N4O2. The maximum Gasteiger partial charge on any atom is 0.257 e. The summed E-state index contributed by atoms with van der Waals surface area (Å²) in [4.78, 5) is 11.3. The number of benzene rings is 1. The summed E-state index contributed by atoms with van der Waals surface area (Å²) in [5, 5.41) is 10.3. The van der Waals surface area contributed by atoms with Crippen molar-refractivity contribution in [2.24, 2.45) is 0 Å². The molecule has 0 fully saturated rings. The number of aryl methyl sites for hydroxylation is 1. The van der Waals surface area contributed by atoms with Crippen molar-refractivity contribution in [1.82, 2.24) is 20.4 Å². The number of likely N-dealkylation sites (N-methyl/N-ethyl adjacent to an activating group) is 1. The molecule has 124 valence electrons. The Morgan fingerprint density at radius 1 is 1.39 bits per heavy atom. The van der Waals surface area contributed by atoms with Gasteiger partial charge in [0, 0.05) is 31.4 Å². The highest BCUT2D eigenvalue weighted by atomic mass is 16.5. The Labute approximate surface area is 136 Å². The number of carbonyl (C=O) groups excluding carboxylic acids is 1. The number of aromatic nitrogens is 2. The number of nitrogens with one attached hydrogen (secondary N) is 2. The van der Waals surface area contributed by atoms with Gasteiger partial charge in [-0.3, -0.25) is 9.48 Å². The van der Waals surface area contributed by atoms with Crippen LogP contribution >= 0.6 is 0 Å². The predicted molar refractivity (Wildman–Crippen MR) is 89.3 cm³/mol. The van der Waals surface area contributed by atoms with Crippen LogP contribution in [0.5, 0.6) is 5.75 Å².